The van der Waals surface area contributed by atoms with Gasteiger partial charge in [-0.1, -0.05) is 52.0 Å². The minimum absolute atomic E-state index is 0.136. The van der Waals surface area contributed by atoms with Crippen molar-refractivity contribution in [3.05, 3.63) is 47.9 Å². The van der Waals surface area contributed by atoms with Gasteiger partial charge in [0, 0.05) is 36.7 Å². The second-order valence-electron chi connectivity index (χ2n) is 9.45. The fourth-order valence-corrected chi connectivity index (χ4v) is 4.66. The highest BCUT2D eigenvalue weighted by atomic mass is 32.2. The molecule has 1 atom stereocenters. The van der Waals surface area contributed by atoms with E-state index in [2.05, 4.69) is 25.6 Å². The van der Waals surface area contributed by atoms with E-state index in [-0.39, 0.29) is 23.2 Å². The zero-order chi connectivity index (χ0) is 23.4. The minimum Gasteiger partial charge on any atom is -0.444 e. The van der Waals surface area contributed by atoms with Crippen LogP contribution in [0.15, 0.2) is 39.3 Å². The number of nitrogens with one attached hydrogen (secondary N) is 2. The Kier molecular flexibility index (Phi) is 7.81. The summed E-state index contributed by atoms with van der Waals surface area (Å²) >= 11 is 1.32. The molecular weight excluding hydrogens is 446 g/mol. The molecule has 0 radical (unpaired) electrons. The highest BCUT2D eigenvalue weighted by molar-refractivity contribution is 7.86. The van der Waals surface area contributed by atoms with Crippen molar-refractivity contribution in [1.29, 1.82) is 0 Å². The Hall–Kier alpha value is -2.14. The number of aliphatic hydroxyl groups excluding tert-OH is 1. The number of rotatable bonds is 10. The van der Waals surface area contributed by atoms with E-state index in [0.717, 1.165) is 11.3 Å². The fourth-order valence-electron chi connectivity index (χ4n) is 2.64. The molecule has 0 bridgehead atoms. The number of hydrogen-bond acceptors (Lipinski definition) is 9. The second kappa shape index (κ2) is 10.2. The van der Waals surface area contributed by atoms with Crippen LogP contribution in [0.5, 0.6) is 0 Å². The summed E-state index contributed by atoms with van der Waals surface area (Å²) in [6, 6.07) is 3.86. The molecule has 0 aliphatic rings. The van der Waals surface area contributed by atoms with Crippen molar-refractivity contribution in [1.82, 2.24) is 20.3 Å². The van der Waals surface area contributed by atoms with Crippen LogP contribution in [0.1, 0.15) is 51.8 Å². The topological polar surface area (TPSA) is 113 Å². The number of hydrogen-bond donors (Lipinski definition) is 3. The summed E-state index contributed by atoms with van der Waals surface area (Å²) < 4.78 is 19.1. The number of nitrogens with zero attached hydrogens (tertiary/aromatic N) is 3. The van der Waals surface area contributed by atoms with Gasteiger partial charge in [-0.15, -0.1) is 0 Å². The first-order valence-electron chi connectivity index (χ1n) is 10.4. The van der Waals surface area contributed by atoms with Crippen molar-refractivity contribution >= 4 is 33.1 Å². The number of aromatic nitrogens is 3. The summed E-state index contributed by atoms with van der Waals surface area (Å²) in [5, 5.41) is 16.4. The molecule has 0 fully saturated rings. The zero-order valence-electron chi connectivity index (χ0n) is 19.1. The normalized spacial score (nSPS) is 13.3. The van der Waals surface area contributed by atoms with E-state index in [1.54, 1.807) is 18.6 Å². The summed E-state index contributed by atoms with van der Waals surface area (Å²) in [5.74, 6) is 2.12. The number of pyridine rings is 1. The summed E-state index contributed by atoms with van der Waals surface area (Å²) in [4.78, 5) is 13.0. The van der Waals surface area contributed by atoms with Crippen LogP contribution in [0.25, 0.3) is 0 Å². The predicted octanol–water partition coefficient (Wildman–Crippen LogP) is 3.98. The van der Waals surface area contributed by atoms with Gasteiger partial charge in [0.05, 0.1) is 23.2 Å². The highest BCUT2D eigenvalue weighted by Gasteiger charge is 2.21. The van der Waals surface area contributed by atoms with Gasteiger partial charge in [-0.05, 0) is 11.6 Å². The van der Waals surface area contributed by atoms with Crippen LogP contribution in [-0.2, 0) is 28.5 Å². The Morgan fingerprint density at radius 3 is 2.50 bits per heavy atom. The Labute approximate surface area is 195 Å². The van der Waals surface area contributed by atoms with E-state index in [4.69, 9.17) is 4.42 Å². The maximum absolute atomic E-state index is 12.7. The molecule has 3 aromatic heterocycles. The van der Waals surface area contributed by atoms with Gasteiger partial charge in [0.25, 0.3) is 0 Å². The molecule has 0 aromatic carbocycles. The van der Waals surface area contributed by atoms with E-state index < -0.39 is 10.8 Å². The Morgan fingerprint density at radius 1 is 1.09 bits per heavy atom. The lowest BCUT2D eigenvalue weighted by Crippen LogP contribution is -2.31. The quantitative estimate of drug-likeness (QED) is 0.402. The third kappa shape index (κ3) is 6.93. The Morgan fingerprint density at radius 2 is 1.88 bits per heavy atom. The molecule has 8 nitrogen and oxygen atoms in total. The molecule has 0 saturated carbocycles. The molecule has 10 heteroatoms. The molecule has 1 unspecified atom stereocenters. The molecule has 3 rings (SSSR count). The molecule has 3 N–H and O–H groups in total. The zero-order valence-corrected chi connectivity index (χ0v) is 20.8. The lowest BCUT2D eigenvalue weighted by atomic mass is 9.94. The van der Waals surface area contributed by atoms with E-state index >= 15 is 0 Å². The van der Waals surface area contributed by atoms with Crippen LogP contribution in [0.2, 0.25) is 0 Å². The predicted molar refractivity (Wildman–Crippen MR) is 128 cm³/mol. The third-order valence-electron chi connectivity index (χ3n) is 4.68. The van der Waals surface area contributed by atoms with Crippen LogP contribution < -0.4 is 10.6 Å². The first-order chi connectivity index (χ1) is 15.1. The van der Waals surface area contributed by atoms with Crippen molar-refractivity contribution in [2.24, 2.45) is 5.41 Å². The van der Waals surface area contributed by atoms with Gasteiger partial charge in [0.15, 0.2) is 5.13 Å². The van der Waals surface area contributed by atoms with Crippen molar-refractivity contribution in [2.45, 2.75) is 56.5 Å². The molecule has 0 amide bonds. The van der Waals surface area contributed by atoms with E-state index in [1.165, 1.54) is 11.3 Å². The fraction of sp³-hybridized carbons (Fsp3) is 0.500. The number of aliphatic hydroxyl groups is 1. The van der Waals surface area contributed by atoms with Gasteiger partial charge < -0.3 is 20.2 Å². The molecule has 0 aliphatic carbocycles. The molecule has 174 valence electrons. The minimum atomic E-state index is -1.29. The van der Waals surface area contributed by atoms with Gasteiger partial charge in [0.2, 0.25) is 5.89 Å². The van der Waals surface area contributed by atoms with Crippen molar-refractivity contribution in [3.8, 4) is 0 Å². The van der Waals surface area contributed by atoms with Gasteiger partial charge >= 0.3 is 0 Å². The standard InChI is InChI=1S/C22H31N5O3S2/c1-21(2,3)16-10-25-18(30-16)12-32(29)19-11-26-20(31-19)27-17-7-6-15(9-24-17)8-23-13-22(4,5)14-28/h6-7,9-11,23,28H,8,12-14H2,1-5H3,(H,24,26,27). The van der Waals surface area contributed by atoms with Crippen LogP contribution in [0, 0.1) is 5.41 Å². The maximum atomic E-state index is 12.7. The highest BCUT2D eigenvalue weighted by Crippen LogP contribution is 2.27. The van der Waals surface area contributed by atoms with Crippen molar-refractivity contribution in [2.75, 3.05) is 18.5 Å². The summed E-state index contributed by atoms with van der Waals surface area (Å²) in [6.07, 6.45) is 5.10. The monoisotopic (exact) mass is 477 g/mol. The van der Waals surface area contributed by atoms with Crippen LogP contribution >= 0.6 is 11.3 Å². The first kappa shape index (κ1) is 24.5. The molecule has 3 heterocycles. The number of thiazole rings is 1. The molecule has 3 aromatic rings. The van der Waals surface area contributed by atoms with Gasteiger partial charge in [-0.2, -0.15) is 0 Å². The Balaban J connectivity index is 1.53. The lowest BCUT2D eigenvalue weighted by Gasteiger charge is -2.21. The average molecular weight is 478 g/mol. The average Bonchev–Trinajstić information content (AvgIpc) is 3.39. The maximum Gasteiger partial charge on any atom is 0.207 e. The summed E-state index contributed by atoms with van der Waals surface area (Å²) in [7, 11) is -1.29. The first-order valence-corrected chi connectivity index (χ1v) is 12.5. The molecule has 0 saturated heterocycles. The molecular formula is C22H31N5O3S2. The molecule has 0 spiro atoms. The van der Waals surface area contributed by atoms with Gasteiger partial charge in [-0.3, -0.25) is 4.21 Å². The van der Waals surface area contributed by atoms with E-state index in [9.17, 15) is 9.32 Å². The number of anilines is 2. The lowest BCUT2D eigenvalue weighted by molar-refractivity contribution is 0.156. The smallest absolute Gasteiger partial charge is 0.207 e. The Bertz CT molecular complexity index is 1040. The van der Waals surface area contributed by atoms with Gasteiger partial charge in [0.1, 0.15) is 21.5 Å². The van der Waals surface area contributed by atoms with Crippen LogP contribution in [-0.4, -0.2) is 37.4 Å². The third-order valence-corrected chi connectivity index (χ3v) is 7.26. The van der Waals surface area contributed by atoms with Crippen LogP contribution in [0.4, 0.5) is 10.9 Å². The second-order valence-corrected chi connectivity index (χ2v) is 12.2. The SMILES string of the molecule is CC(C)(CO)CNCc1ccc(Nc2ncc(S(=O)Cc3ncc(C(C)(C)C)o3)s2)nc1. The largest absolute Gasteiger partial charge is 0.444 e. The van der Waals surface area contributed by atoms with E-state index in [0.29, 0.717) is 34.1 Å². The summed E-state index contributed by atoms with van der Waals surface area (Å²) in [5.41, 5.74) is 0.758. The van der Waals surface area contributed by atoms with E-state index in [1.807, 2.05) is 46.8 Å². The van der Waals surface area contributed by atoms with Crippen molar-refractivity contribution in [3.63, 3.8) is 0 Å². The van der Waals surface area contributed by atoms with Crippen molar-refractivity contribution < 1.29 is 13.7 Å². The molecule has 0 aliphatic heterocycles. The van der Waals surface area contributed by atoms with Gasteiger partial charge in [-0.25, -0.2) is 15.0 Å². The van der Waals surface area contributed by atoms with Crippen LogP contribution in [0.3, 0.4) is 0 Å². The number of oxazole rings is 1. The summed E-state index contributed by atoms with van der Waals surface area (Å²) in [6.45, 7) is 11.7. The molecule has 32 heavy (non-hydrogen) atoms.